The van der Waals surface area contributed by atoms with Gasteiger partial charge in [-0.1, -0.05) is 18.2 Å². The highest BCUT2D eigenvalue weighted by molar-refractivity contribution is 7.07. The van der Waals surface area contributed by atoms with E-state index in [0.29, 0.717) is 13.0 Å². The van der Waals surface area contributed by atoms with Crippen LogP contribution in [0, 0.1) is 0 Å². The molecule has 6 heteroatoms. The number of aryl methyl sites for hydroxylation is 1. The third-order valence-corrected chi connectivity index (χ3v) is 5.50. The number of likely N-dealkylation sites (N-methyl/N-ethyl adjacent to an activating group) is 1. The van der Waals surface area contributed by atoms with Gasteiger partial charge in [0.05, 0.1) is 12.6 Å². The van der Waals surface area contributed by atoms with Crippen molar-refractivity contribution in [3.05, 3.63) is 52.2 Å². The number of carbonyl (C=O) groups excluding carboxylic acids is 1. The molecule has 0 aliphatic carbocycles. The van der Waals surface area contributed by atoms with Gasteiger partial charge in [-0.15, -0.1) is 0 Å². The summed E-state index contributed by atoms with van der Waals surface area (Å²) in [5, 5.41) is 20.5. The largest absolute Gasteiger partial charge is 0.377 e. The molecule has 3 atom stereocenters. The van der Waals surface area contributed by atoms with Crippen LogP contribution in [-0.2, 0) is 17.8 Å². The minimum atomic E-state index is -0.775. The maximum Gasteiger partial charge on any atom is 0.244 e. The molecule has 134 valence electrons. The normalized spacial score (nSPS) is 20.0. The first-order chi connectivity index (χ1) is 12.1. The Kier molecular flexibility index (Phi) is 5.86. The molecule has 1 aliphatic heterocycles. The Morgan fingerprint density at radius 2 is 2.16 bits per heavy atom. The fourth-order valence-corrected chi connectivity index (χ4v) is 3.77. The summed E-state index contributed by atoms with van der Waals surface area (Å²) in [7, 11) is 1.79. The van der Waals surface area contributed by atoms with Crippen LogP contribution in [0.2, 0.25) is 0 Å². The second-order valence-electron chi connectivity index (χ2n) is 6.46. The molecule has 3 rings (SSSR count). The number of anilines is 1. The Hall–Kier alpha value is -1.73. The van der Waals surface area contributed by atoms with Gasteiger partial charge in [-0.3, -0.25) is 10.1 Å². The number of hydrogen-bond donors (Lipinski definition) is 3. The Balaban J connectivity index is 1.86. The zero-order valence-corrected chi connectivity index (χ0v) is 15.4. The lowest BCUT2D eigenvalue weighted by atomic mass is 10.1. The van der Waals surface area contributed by atoms with E-state index in [9.17, 15) is 9.90 Å². The third-order valence-electron chi connectivity index (χ3n) is 4.77. The average Bonchev–Trinajstić information content (AvgIpc) is 3.11. The van der Waals surface area contributed by atoms with Gasteiger partial charge in [0.15, 0.2) is 0 Å². The molecule has 0 saturated heterocycles. The number of aliphatic hydroxyl groups is 1. The second-order valence-corrected chi connectivity index (χ2v) is 7.24. The van der Waals surface area contributed by atoms with E-state index in [1.54, 1.807) is 18.4 Å². The summed E-state index contributed by atoms with van der Waals surface area (Å²) < 4.78 is 0. The summed E-state index contributed by atoms with van der Waals surface area (Å²) in [4.78, 5) is 15.1. The number of carbonyl (C=O) groups is 1. The lowest BCUT2D eigenvalue weighted by molar-refractivity contribution is -0.121. The van der Waals surface area contributed by atoms with Gasteiger partial charge in [-0.2, -0.15) is 11.3 Å². The standard InChI is InChI=1S/C19H25N3O2S/c1-13(20-2)18(23)21-16-8-7-15-5-3-4-6-17(15)22(19(16)24)11-14-9-10-25-12-14/h3-6,9-10,12-13,16,18,20-21,23H,7-8,11H2,1-2H3. The number of amides is 1. The number of benzene rings is 1. The van der Waals surface area contributed by atoms with E-state index in [1.165, 1.54) is 5.56 Å². The number of aliphatic hydroxyl groups excluding tert-OH is 1. The Morgan fingerprint density at radius 1 is 1.36 bits per heavy atom. The number of fused-ring (bicyclic) bond motifs is 1. The number of para-hydroxylation sites is 1. The minimum Gasteiger partial charge on any atom is -0.377 e. The topological polar surface area (TPSA) is 64.6 Å². The number of rotatable bonds is 6. The first-order valence-corrected chi connectivity index (χ1v) is 9.56. The van der Waals surface area contributed by atoms with Crippen LogP contribution >= 0.6 is 11.3 Å². The van der Waals surface area contributed by atoms with Crippen LogP contribution in [0.5, 0.6) is 0 Å². The summed E-state index contributed by atoms with van der Waals surface area (Å²) in [5.74, 6) is 0.0125. The minimum absolute atomic E-state index is 0.0125. The fourth-order valence-electron chi connectivity index (χ4n) is 3.11. The molecule has 3 N–H and O–H groups in total. The summed E-state index contributed by atoms with van der Waals surface area (Å²) in [6, 6.07) is 9.58. The smallest absolute Gasteiger partial charge is 0.244 e. The molecule has 1 aromatic carbocycles. The molecule has 0 bridgehead atoms. The molecule has 1 aromatic heterocycles. The van der Waals surface area contributed by atoms with Gasteiger partial charge in [-0.25, -0.2) is 0 Å². The van der Waals surface area contributed by atoms with Crippen LogP contribution in [0.3, 0.4) is 0 Å². The number of nitrogens with zero attached hydrogens (tertiary/aromatic N) is 1. The van der Waals surface area contributed by atoms with E-state index in [-0.39, 0.29) is 11.9 Å². The van der Waals surface area contributed by atoms with Crippen LogP contribution in [0.4, 0.5) is 5.69 Å². The SMILES string of the molecule is CNC(C)C(O)NC1CCc2ccccc2N(Cc2ccsc2)C1=O. The fraction of sp³-hybridized carbons (Fsp3) is 0.421. The Labute approximate surface area is 152 Å². The van der Waals surface area contributed by atoms with Crippen molar-refractivity contribution in [2.45, 2.75) is 44.6 Å². The van der Waals surface area contributed by atoms with Crippen molar-refractivity contribution in [1.29, 1.82) is 0 Å². The lowest BCUT2D eigenvalue weighted by Gasteiger charge is -2.29. The van der Waals surface area contributed by atoms with Crippen molar-refractivity contribution in [1.82, 2.24) is 10.6 Å². The van der Waals surface area contributed by atoms with E-state index in [1.807, 2.05) is 41.5 Å². The first-order valence-electron chi connectivity index (χ1n) is 8.62. The predicted octanol–water partition coefficient (Wildman–Crippen LogP) is 2.11. The monoisotopic (exact) mass is 359 g/mol. The maximum absolute atomic E-state index is 13.2. The first kappa shape index (κ1) is 18.1. The molecule has 1 amide bonds. The van der Waals surface area contributed by atoms with Gasteiger partial charge in [-0.05, 0) is 60.8 Å². The van der Waals surface area contributed by atoms with Crippen molar-refractivity contribution in [2.75, 3.05) is 11.9 Å². The van der Waals surface area contributed by atoms with Gasteiger partial charge in [0.2, 0.25) is 5.91 Å². The number of nitrogens with one attached hydrogen (secondary N) is 2. The molecule has 2 heterocycles. The van der Waals surface area contributed by atoms with E-state index in [0.717, 1.165) is 17.7 Å². The third kappa shape index (κ3) is 4.10. The Bertz CT molecular complexity index is 704. The van der Waals surface area contributed by atoms with Crippen LogP contribution in [0.25, 0.3) is 0 Å². The van der Waals surface area contributed by atoms with Gasteiger partial charge in [0.25, 0.3) is 0 Å². The van der Waals surface area contributed by atoms with Crippen molar-refractivity contribution < 1.29 is 9.90 Å². The average molecular weight is 359 g/mol. The zero-order valence-electron chi connectivity index (χ0n) is 14.6. The molecule has 2 aromatic rings. The van der Waals surface area contributed by atoms with Crippen molar-refractivity contribution in [2.24, 2.45) is 0 Å². The van der Waals surface area contributed by atoms with Crippen molar-refractivity contribution in [3.63, 3.8) is 0 Å². The molecule has 3 unspecified atom stereocenters. The molecule has 1 aliphatic rings. The lowest BCUT2D eigenvalue weighted by Crippen LogP contribution is -2.54. The summed E-state index contributed by atoms with van der Waals surface area (Å²) in [6.45, 7) is 2.44. The highest BCUT2D eigenvalue weighted by atomic mass is 32.1. The highest BCUT2D eigenvalue weighted by Gasteiger charge is 2.32. The van der Waals surface area contributed by atoms with Gasteiger partial charge < -0.3 is 15.3 Å². The van der Waals surface area contributed by atoms with Crippen molar-refractivity contribution >= 4 is 22.9 Å². The molecule has 5 nitrogen and oxygen atoms in total. The van der Waals surface area contributed by atoms with E-state index >= 15 is 0 Å². The molecular weight excluding hydrogens is 334 g/mol. The number of hydrogen-bond acceptors (Lipinski definition) is 5. The van der Waals surface area contributed by atoms with Crippen LogP contribution < -0.4 is 15.5 Å². The van der Waals surface area contributed by atoms with E-state index in [4.69, 9.17) is 0 Å². The van der Waals surface area contributed by atoms with Gasteiger partial charge >= 0.3 is 0 Å². The van der Waals surface area contributed by atoms with E-state index < -0.39 is 12.3 Å². The van der Waals surface area contributed by atoms with Gasteiger partial charge in [0, 0.05) is 11.7 Å². The second kappa shape index (κ2) is 8.10. The quantitative estimate of drug-likeness (QED) is 0.691. The van der Waals surface area contributed by atoms with Crippen LogP contribution in [0.15, 0.2) is 41.1 Å². The summed E-state index contributed by atoms with van der Waals surface area (Å²) >= 11 is 1.63. The molecule has 0 spiro atoms. The molecule has 0 fully saturated rings. The maximum atomic E-state index is 13.2. The predicted molar refractivity (Wildman–Crippen MR) is 102 cm³/mol. The molecule has 0 radical (unpaired) electrons. The zero-order chi connectivity index (χ0) is 17.8. The van der Waals surface area contributed by atoms with Crippen molar-refractivity contribution in [3.8, 4) is 0 Å². The molecule has 25 heavy (non-hydrogen) atoms. The van der Waals surface area contributed by atoms with E-state index in [2.05, 4.69) is 22.1 Å². The number of thiophene rings is 1. The van der Waals surface area contributed by atoms with Gasteiger partial charge in [0.1, 0.15) is 6.23 Å². The summed E-state index contributed by atoms with van der Waals surface area (Å²) in [5.41, 5.74) is 3.27. The Morgan fingerprint density at radius 3 is 2.88 bits per heavy atom. The summed E-state index contributed by atoms with van der Waals surface area (Å²) in [6.07, 6.45) is 0.701. The van der Waals surface area contributed by atoms with Crippen LogP contribution in [0.1, 0.15) is 24.5 Å². The highest BCUT2D eigenvalue weighted by Crippen LogP contribution is 2.29. The van der Waals surface area contributed by atoms with Crippen LogP contribution in [-0.4, -0.2) is 36.4 Å². The molecular formula is C19H25N3O2S. The molecule has 0 saturated carbocycles.